The van der Waals surface area contributed by atoms with Crippen LogP contribution in [0, 0.1) is 0 Å². The van der Waals surface area contributed by atoms with E-state index in [-0.39, 0.29) is 17.4 Å². The molecule has 1 fully saturated rings. The molecule has 3 aromatic rings. The number of thiophene rings is 1. The van der Waals surface area contributed by atoms with E-state index in [1.165, 1.54) is 12.3 Å². The van der Waals surface area contributed by atoms with Crippen molar-refractivity contribution in [3.05, 3.63) is 57.0 Å². The minimum atomic E-state index is -0.222. The number of aromatic nitrogens is 3. The van der Waals surface area contributed by atoms with Crippen molar-refractivity contribution in [3.8, 4) is 11.5 Å². The lowest BCUT2D eigenvalue weighted by Crippen LogP contribution is -2.39. The summed E-state index contributed by atoms with van der Waals surface area (Å²) < 4.78 is 5.82. The number of H-pyrrole nitrogens is 1. The highest BCUT2D eigenvalue weighted by atomic mass is 32.1. The Labute approximate surface area is 147 Å². The summed E-state index contributed by atoms with van der Waals surface area (Å²) in [5.74, 6) is 1.01. The van der Waals surface area contributed by atoms with Crippen LogP contribution in [0.25, 0.3) is 11.5 Å². The molecule has 25 heavy (non-hydrogen) atoms. The zero-order chi connectivity index (χ0) is 17.2. The third kappa shape index (κ3) is 3.25. The van der Waals surface area contributed by atoms with E-state index in [1.807, 2.05) is 16.8 Å². The summed E-state index contributed by atoms with van der Waals surface area (Å²) in [5, 5.41) is 12.2. The van der Waals surface area contributed by atoms with Crippen LogP contribution in [-0.4, -0.2) is 39.1 Å². The molecule has 7 nitrogen and oxygen atoms in total. The fraction of sp³-hybridized carbons (Fsp3) is 0.294. The van der Waals surface area contributed by atoms with Gasteiger partial charge in [-0.05, 0) is 30.4 Å². The molecule has 4 heterocycles. The number of carbonyl (C=O) groups is 1. The molecule has 0 bridgehead atoms. The van der Waals surface area contributed by atoms with Crippen LogP contribution in [0.1, 0.15) is 35.0 Å². The average Bonchev–Trinajstić information content (AvgIpc) is 3.33. The molecule has 0 aromatic carbocycles. The van der Waals surface area contributed by atoms with E-state index >= 15 is 0 Å². The molecule has 128 valence electrons. The van der Waals surface area contributed by atoms with E-state index in [1.54, 1.807) is 22.3 Å². The first-order valence-electron chi connectivity index (χ1n) is 8.05. The molecule has 4 rings (SSSR count). The van der Waals surface area contributed by atoms with Crippen LogP contribution in [0.4, 0.5) is 0 Å². The van der Waals surface area contributed by atoms with E-state index < -0.39 is 0 Å². The third-order valence-electron chi connectivity index (χ3n) is 4.30. The van der Waals surface area contributed by atoms with Gasteiger partial charge in [0.2, 0.25) is 17.3 Å². The van der Waals surface area contributed by atoms with Crippen molar-refractivity contribution in [3.63, 3.8) is 0 Å². The molecule has 1 aliphatic rings. The van der Waals surface area contributed by atoms with E-state index in [4.69, 9.17) is 4.42 Å². The van der Waals surface area contributed by atoms with Crippen LogP contribution >= 0.6 is 11.3 Å². The van der Waals surface area contributed by atoms with Gasteiger partial charge in [0.25, 0.3) is 5.91 Å². The Morgan fingerprint density at radius 3 is 3.00 bits per heavy atom. The van der Waals surface area contributed by atoms with Gasteiger partial charge in [0.05, 0.1) is 11.5 Å². The van der Waals surface area contributed by atoms with Crippen molar-refractivity contribution < 1.29 is 9.21 Å². The Hall–Kier alpha value is -2.74. The van der Waals surface area contributed by atoms with Crippen LogP contribution in [0.2, 0.25) is 0 Å². The van der Waals surface area contributed by atoms with Gasteiger partial charge in [0.1, 0.15) is 0 Å². The van der Waals surface area contributed by atoms with Gasteiger partial charge in [-0.15, -0.1) is 10.2 Å². The highest BCUT2D eigenvalue weighted by Crippen LogP contribution is 2.29. The van der Waals surface area contributed by atoms with Crippen molar-refractivity contribution in [2.45, 2.75) is 18.8 Å². The molecule has 1 amide bonds. The zero-order valence-electron chi connectivity index (χ0n) is 13.3. The van der Waals surface area contributed by atoms with E-state index in [0.29, 0.717) is 30.4 Å². The number of hydrogen-bond donors (Lipinski definition) is 1. The van der Waals surface area contributed by atoms with Crippen LogP contribution in [-0.2, 0) is 0 Å². The summed E-state index contributed by atoms with van der Waals surface area (Å²) in [7, 11) is 0. The first-order valence-corrected chi connectivity index (χ1v) is 8.99. The van der Waals surface area contributed by atoms with Gasteiger partial charge in [0, 0.05) is 36.3 Å². The number of likely N-dealkylation sites (tertiary alicyclic amines) is 1. The fourth-order valence-electron chi connectivity index (χ4n) is 2.99. The van der Waals surface area contributed by atoms with Crippen molar-refractivity contribution in [1.29, 1.82) is 0 Å². The number of rotatable bonds is 3. The second-order valence-corrected chi connectivity index (χ2v) is 6.77. The quantitative estimate of drug-likeness (QED) is 0.778. The van der Waals surface area contributed by atoms with Crippen LogP contribution in [0.3, 0.4) is 0 Å². The molecular formula is C17H16N4O3S. The Balaban J connectivity index is 1.50. The number of piperidine rings is 1. The SMILES string of the molecule is O=C(c1ccc(=O)[nH]c1)N1CCCC(c2nnc(-c3ccsc3)o2)C1. The molecule has 8 heteroatoms. The topological polar surface area (TPSA) is 92.1 Å². The maximum atomic E-state index is 12.6. The van der Waals surface area contributed by atoms with E-state index in [0.717, 1.165) is 18.4 Å². The summed E-state index contributed by atoms with van der Waals surface area (Å²) in [4.78, 5) is 28.1. The molecule has 1 aliphatic heterocycles. The zero-order valence-corrected chi connectivity index (χ0v) is 14.2. The molecule has 1 unspecified atom stereocenters. The second-order valence-electron chi connectivity index (χ2n) is 5.99. The number of hydrogen-bond acceptors (Lipinski definition) is 6. The lowest BCUT2D eigenvalue weighted by Gasteiger charge is -2.31. The average molecular weight is 356 g/mol. The van der Waals surface area contributed by atoms with E-state index in [2.05, 4.69) is 15.2 Å². The van der Waals surface area contributed by atoms with Gasteiger partial charge < -0.3 is 14.3 Å². The molecule has 0 saturated carbocycles. The van der Waals surface area contributed by atoms with Crippen LogP contribution in [0.15, 0.2) is 44.4 Å². The lowest BCUT2D eigenvalue weighted by atomic mass is 9.97. The number of nitrogens with one attached hydrogen (secondary N) is 1. The minimum absolute atomic E-state index is 0.0281. The minimum Gasteiger partial charge on any atom is -0.420 e. The molecule has 1 saturated heterocycles. The van der Waals surface area contributed by atoms with Crippen LogP contribution in [0.5, 0.6) is 0 Å². The summed E-state index contributed by atoms with van der Waals surface area (Å²) in [5.41, 5.74) is 1.17. The monoisotopic (exact) mass is 356 g/mol. The Morgan fingerprint density at radius 1 is 1.32 bits per heavy atom. The summed E-state index contributed by atoms with van der Waals surface area (Å²) in [6.07, 6.45) is 3.23. The second kappa shape index (κ2) is 6.64. The summed E-state index contributed by atoms with van der Waals surface area (Å²) >= 11 is 1.58. The van der Waals surface area contributed by atoms with Gasteiger partial charge in [-0.2, -0.15) is 11.3 Å². The standard InChI is InChI=1S/C17H16N4O3S/c22-14-4-3-11(8-18-14)17(23)21-6-1-2-12(9-21)15-19-20-16(24-15)13-5-7-25-10-13/h3-5,7-8,10,12H,1-2,6,9H2,(H,18,22). The molecule has 0 aliphatic carbocycles. The number of carbonyl (C=O) groups excluding carboxylic acids is 1. The predicted octanol–water partition coefficient (Wildman–Crippen LogP) is 2.51. The van der Waals surface area contributed by atoms with Crippen molar-refractivity contribution in [2.75, 3.05) is 13.1 Å². The van der Waals surface area contributed by atoms with Gasteiger partial charge in [-0.3, -0.25) is 9.59 Å². The van der Waals surface area contributed by atoms with Crippen LogP contribution < -0.4 is 5.56 Å². The highest BCUT2D eigenvalue weighted by Gasteiger charge is 2.29. The maximum absolute atomic E-state index is 12.6. The number of pyridine rings is 1. The van der Waals surface area contributed by atoms with Crippen molar-refractivity contribution >= 4 is 17.2 Å². The number of nitrogens with zero attached hydrogens (tertiary/aromatic N) is 3. The number of aromatic amines is 1. The third-order valence-corrected chi connectivity index (χ3v) is 4.98. The molecule has 0 spiro atoms. The molecular weight excluding hydrogens is 340 g/mol. The normalized spacial score (nSPS) is 17.6. The van der Waals surface area contributed by atoms with Gasteiger partial charge >= 0.3 is 0 Å². The molecule has 0 radical (unpaired) electrons. The van der Waals surface area contributed by atoms with Gasteiger partial charge in [0.15, 0.2) is 0 Å². The largest absolute Gasteiger partial charge is 0.420 e. The van der Waals surface area contributed by atoms with Crippen molar-refractivity contribution in [2.24, 2.45) is 0 Å². The van der Waals surface area contributed by atoms with Gasteiger partial charge in [-0.25, -0.2) is 0 Å². The molecule has 1 N–H and O–H groups in total. The Morgan fingerprint density at radius 2 is 2.24 bits per heavy atom. The summed E-state index contributed by atoms with van der Waals surface area (Å²) in [6.45, 7) is 1.21. The Bertz CT molecular complexity index is 911. The smallest absolute Gasteiger partial charge is 0.255 e. The summed E-state index contributed by atoms with van der Waals surface area (Å²) in [6, 6.07) is 4.85. The fourth-order valence-corrected chi connectivity index (χ4v) is 3.62. The van der Waals surface area contributed by atoms with Crippen molar-refractivity contribution in [1.82, 2.24) is 20.1 Å². The first-order chi connectivity index (χ1) is 12.2. The first kappa shape index (κ1) is 15.8. The maximum Gasteiger partial charge on any atom is 0.255 e. The predicted molar refractivity (Wildman–Crippen MR) is 92.6 cm³/mol. The van der Waals surface area contributed by atoms with E-state index in [9.17, 15) is 9.59 Å². The lowest BCUT2D eigenvalue weighted by molar-refractivity contribution is 0.0698. The highest BCUT2D eigenvalue weighted by molar-refractivity contribution is 7.08. The molecule has 3 aromatic heterocycles. The molecule has 1 atom stereocenters. The number of amides is 1. The Kier molecular flexibility index (Phi) is 4.19. The van der Waals surface area contributed by atoms with Gasteiger partial charge in [-0.1, -0.05) is 0 Å².